The first-order valence-electron chi connectivity index (χ1n) is 5.61. The van der Waals surface area contributed by atoms with Crippen LogP contribution in [0.2, 0.25) is 0 Å². The van der Waals surface area contributed by atoms with Crippen molar-refractivity contribution in [3.8, 4) is 0 Å². The molecule has 2 aromatic rings. The van der Waals surface area contributed by atoms with E-state index in [4.69, 9.17) is 0 Å². The number of nitrogens with zero attached hydrogens (tertiary/aromatic N) is 3. The zero-order valence-corrected chi connectivity index (χ0v) is 10.5. The van der Waals surface area contributed by atoms with Gasteiger partial charge in [-0.25, -0.2) is 9.93 Å². The van der Waals surface area contributed by atoms with Crippen molar-refractivity contribution >= 4 is 22.8 Å². The summed E-state index contributed by atoms with van der Waals surface area (Å²) in [6.45, 7) is 3.18. The monoisotopic (exact) mass is 257 g/mol. The Bertz CT molecular complexity index is 762. The van der Waals surface area contributed by atoms with E-state index in [2.05, 4.69) is 20.2 Å². The number of oxime groups is 2. The van der Waals surface area contributed by atoms with Gasteiger partial charge in [-0.15, -0.1) is 0 Å². The van der Waals surface area contributed by atoms with Gasteiger partial charge < -0.3 is 0 Å². The fraction of sp³-hybridized carbons (Fsp3) is 0.154. The molecule has 0 heterocycles. The van der Waals surface area contributed by atoms with Gasteiger partial charge in [-0.2, -0.15) is 0 Å². The second-order valence-electron chi connectivity index (χ2n) is 3.75. The summed E-state index contributed by atoms with van der Waals surface area (Å²) >= 11 is 0. The highest BCUT2D eigenvalue weighted by Gasteiger charge is 2.09. The Kier molecular flexibility index (Phi) is 3.61. The maximum atomic E-state index is 12.0. The SMILES string of the molecule is C/C=N/O/N=C(\C)N=c1c(=O)c2ccccc2c1=O. The van der Waals surface area contributed by atoms with Crippen LogP contribution in [-0.4, -0.2) is 12.1 Å². The zero-order chi connectivity index (χ0) is 13.8. The first-order chi connectivity index (χ1) is 9.15. The van der Waals surface area contributed by atoms with Crippen LogP contribution in [0.25, 0.3) is 10.8 Å². The number of fused-ring (bicyclic) bond motifs is 1. The second kappa shape index (κ2) is 5.34. The minimum absolute atomic E-state index is 0.147. The third-order valence-corrected chi connectivity index (χ3v) is 2.45. The van der Waals surface area contributed by atoms with Gasteiger partial charge in [-0.3, -0.25) is 9.59 Å². The Morgan fingerprint density at radius 3 is 2.26 bits per heavy atom. The van der Waals surface area contributed by atoms with Crippen molar-refractivity contribution in [3.63, 3.8) is 0 Å². The molecular formula is C13H11N3O3. The normalized spacial score (nSPS) is 12.2. The van der Waals surface area contributed by atoms with Gasteiger partial charge in [0.25, 0.3) is 0 Å². The fourth-order valence-corrected chi connectivity index (χ4v) is 1.65. The minimum atomic E-state index is -0.394. The van der Waals surface area contributed by atoms with Crippen molar-refractivity contribution in [2.75, 3.05) is 0 Å². The van der Waals surface area contributed by atoms with Gasteiger partial charge >= 0.3 is 0 Å². The summed E-state index contributed by atoms with van der Waals surface area (Å²) < 4.78 is 0. The van der Waals surface area contributed by atoms with Crippen LogP contribution in [0.15, 0.2) is 49.2 Å². The highest BCUT2D eigenvalue weighted by molar-refractivity contribution is 5.85. The van der Waals surface area contributed by atoms with Crippen LogP contribution in [0, 0.1) is 0 Å². The molecule has 2 rings (SSSR count). The van der Waals surface area contributed by atoms with Gasteiger partial charge in [0, 0.05) is 17.0 Å². The molecule has 0 saturated heterocycles. The van der Waals surface area contributed by atoms with Crippen molar-refractivity contribution in [2.45, 2.75) is 13.8 Å². The van der Waals surface area contributed by atoms with E-state index in [1.54, 1.807) is 31.2 Å². The number of benzene rings is 1. The van der Waals surface area contributed by atoms with Crippen LogP contribution in [0.1, 0.15) is 13.8 Å². The van der Waals surface area contributed by atoms with Crippen LogP contribution >= 0.6 is 0 Å². The summed E-state index contributed by atoms with van der Waals surface area (Å²) in [5.74, 6) is 0.148. The van der Waals surface area contributed by atoms with Crippen molar-refractivity contribution in [2.24, 2.45) is 15.3 Å². The molecule has 0 aliphatic carbocycles. The average molecular weight is 257 g/mol. The molecule has 0 aromatic heterocycles. The largest absolute Gasteiger partial charge is 0.287 e. The van der Waals surface area contributed by atoms with Crippen molar-refractivity contribution in [3.05, 3.63) is 50.1 Å². The van der Waals surface area contributed by atoms with Crippen molar-refractivity contribution < 1.29 is 4.94 Å². The van der Waals surface area contributed by atoms with E-state index in [9.17, 15) is 9.59 Å². The maximum Gasteiger partial charge on any atom is 0.216 e. The summed E-state index contributed by atoms with van der Waals surface area (Å²) in [5, 5.41) is 7.54. The number of rotatable bonds is 2. The predicted molar refractivity (Wildman–Crippen MR) is 72.8 cm³/mol. The first kappa shape index (κ1) is 12.8. The van der Waals surface area contributed by atoms with E-state index in [0.717, 1.165) is 0 Å². The van der Waals surface area contributed by atoms with E-state index < -0.39 is 10.9 Å². The molecule has 0 unspecified atom stereocenters. The summed E-state index contributed by atoms with van der Waals surface area (Å²) in [4.78, 5) is 32.4. The Morgan fingerprint density at radius 1 is 1.16 bits per heavy atom. The predicted octanol–water partition coefficient (Wildman–Crippen LogP) is 0.692. The number of hydrogen-bond donors (Lipinski definition) is 0. The minimum Gasteiger partial charge on any atom is -0.287 e. The maximum absolute atomic E-state index is 12.0. The molecule has 0 aliphatic rings. The summed E-state index contributed by atoms with van der Waals surface area (Å²) in [6.07, 6.45) is 1.41. The van der Waals surface area contributed by atoms with Gasteiger partial charge in [0.15, 0.2) is 11.2 Å². The molecule has 0 atom stereocenters. The van der Waals surface area contributed by atoms with Crippen LogP contribution in [0.4, 0.5) is 0 Å². The third-order valence-electron chi connectivity index (χ3n) is 2.45. The quantitative estimate of drug-likeness (QED) is 0.451. The van der Waals surface area contributed by atoms with Gasteiger partial charge in [-0.1, -0.05) is 29.4 Å². The van der Waals surface area contributed by atoms with Crippen molar-refractivity contribution in [1.29, 1.82) is 0 Å². The van der Waals surface area contributed by atoms with E-state index in [-0.39, 0.29) is 11.2 Å². The molecule has 0 aliphatic heterocycles. The van der Waals surface area contributed by atoms with Crippen LogP contribution in [0.5, 0.6) is 0 Å². The summed E-state index contributed by atoms with van der Waals surface area (Å²) in [6, 6.07) is 6.60. The Hall–Kier alpha value is -2.63. The lowest BCUT2D eigenvalue weighted by Gasteiger charge is -1.87. The van der Waals surface area contributed by atoms with E-state index in [1.807, 2.05) is 0 Å². The topological polar surface area (TPSA) is 80.5 Å². The number of hydrogen-bond acceptors (Lipinski definition) is 5. The smallest absolute Gasteiger partial charge is 0.216 e. The average Bonchev–Trinajstić information content (AvgIpc) is 2.65. The molecule has 0 saturated carbocycles. The lowest BCUT2D eigenvalue weighted by atomic mass is 10.2. The molecule has 0 amide bonds. The van der Waals surface area contributed by atoms with Gasteiger partial charge in [0.1, 0.15) is 0 Å². The van der Waals surface area contributed by atoms with Crippen LogP contribution < -0.4 is 16.2 Å². The lowest BCUT2D eigenvalue weighted by Crippen LogP contribution is -2.32. The molecule has 6 heteroatoms. The molecule has 0 N–H and O–H groups in total. The van der Waals surface area contributed by atoms with Gasteiger partial charge in [0.2, 0.25) is 10.9 Å². The standard InChI is InChI=1S/C13H11N3O3/c1-3-14-19-16-8(2)15-11-12(17)9-6-4-5-7-10(9)13(11)18/h3-7H,1-2H3/b14-3+,16-8+. The fourth-order valence-electron chi connectivity index (χ4n) is 1.65. The third kappa shape index (κ3) is 2.47. The highest BCUT2D eigenvalue weighted by atomic mass is 16.8. The van der Waals surface area contributed by atoms with Crippen LogP contribution in [-0.2, 0) is 4.94 Å². The molecular weight excluding hydrogens is 246 g/mol. The Morgan fingerprint density at radius 2 is 1.74 bits per heavy atom. The highest BCUT2D eigenvalue weighted by Crippen LogP contribution is 2.01. The van der Waals surface area contributed by atoms with Gasteiger partial charge in [-0.05, 0) is 19.0 Å². The molecule has 0 radical (unpaired) electrons. The molecule has 2 aromatic carbocycles. The van der Waals surface area contributed by atoms with Crippen LogP contribution in [0.3, 0.4) is 0 Å². The molecule has 96 valence electrons. The van der Waals surface area contributed by atoms with E-state index in [1.165, 1.54) is 13.1 Å². The Balaban J connectivity index is 2.60. The molecule has 0 fully saturated rings. The number of amidine groups is 1. The molecule has 0 spiro atoms. The molecule has 6 nitrogen and oxygen atoms in total. The van der Waals surface area contributed by atoms with E-state index >= 15 is 0 Å². The lowest BCUT2D eigenvalue weighted by molar-refractivity contribution is 0.156. The summed E-state index contributed by atoms with van der Waals surface area (Å²) in [5.41, 5.74) is -0.789. The van der Waals surface area contributed by atoms with E-state index in [0.29, 0.717) is 10.8 Å². The zero-order valence-electron chi connectivity index (χ0n) is 10.5. The molecule has 0 bridgehead atoms. The Labute approximate surface area is 108 Å². The van der Waals surface area contributed by atoms with Crippen molar-refractivity contribution in [1.82, 2.24) is 0 Å². The molecule has 19 heavy (non-hydrogen) atoms. The summed E-state index contributed by atoms with van der Waals surface area (Å²) in [7, 11) is 0. The first-order valence-corrected chi connectivity index (χ1v) is 5.61. The second-order valence-corrected chi connectivity index (χ2v) is 3.75. The van der Waals surface area contributed by atoms with Gasteiger partial charge in [0.05, 0.1) is 0 Å².